The average molecular weight is 170 g/mol. The zero-order valence-corrected chi connectivity index (χ0v) is 7.07. The van der Waals surface area contributed by atoms with Crippen molar-refractivity contribution >= 4 is 22.2 Å². The molecule has 0 aliphatic carbocycles. The highest BCUT2D eigenvalue weighted by atomic mass is 32.1. The Labute approximate surface area is 69.2 Å². The van der Waals surface area contributed by atoms with Crippen LogP contribution in [0.5, 0.6) is 0 Å². The second kappa shape index (κ2) is 3.39. The molecular formula is C7H10N2OS. The van der Waals surface area contributed by atoms with Gasteiger partial charge in [-0.2, -0.15) is 0 Å². The fourth-order valence-corrected chi connectivity index (χ4v) is 1.54. The number of hydrogen-bond acceptors (Lipinski definition) is 3. The third kappa shape index (κ3) is 2.23. The van der Waals surface area contributed by atoms with Gasteiger partial charge < -0.3 is 11.1 Å². The van der Waals surface area contributed by atoms with E-state index in [4.69, 9.17) is 5.73 Å². The van der Waals surface area contributed by atoms with Gasteiger partial charge in [-0.1, -0.05) is 0 Å². The van der Waals surface area contributed by atoms with E-state index in [2.05, 4.69) is 5.32 Å². The number of nitrogens with one attached hydrogen (secondary N) is 1. The van der Waals surface area contributed by atoms with E-state index in [0.29, 0.717) is 0 Å². The minimum atomic E-state index is -0.335. The van der Waals surface area contributed by atoms with E-state index in [1.165, 1.54) is 0 Å². The molecule has 0 aliphatic rings. The fraction of sp³-hybridized carbons (Fsp3) is 0.286. The molecule has 0 fully saturated rings. The van der Waals surface area contributed by atoms with Gasteiger partial charge in [0.2, 0.25) is 5.91 Å². The molecule has 0 saturated carbocycles. The van der Waals surface area contributed by atoms with Crippen LogP contribution in [0.2, 0.25) is 0 Å². The molecule has 11 heavy (non-hydrogen) atoms. The number of carbonyl (C=O) groups is 1. The maximum Gasteiger partial charge on any atom is 0.236 e. The first-order valence-corrected chi connectivity index (χ1v) is 4.14. The van der Waals surface area contributed by atoms with Crippen molar-refractivity contribution in [1.82, 2.24) is 0 Å². The summed E-state index contributed by atoms with van der Waals surface area (Å²) in [4.78, 5) is 10.4. The first-order valence-electron chi connectivity index (χ1n) is 3.26. The lowest BCUT2D eigenvalue weighted by atomic mass is 10.4. The van der Waals surface area contributed by atoms with Gasteiger partial charge in [-0.05, 0) is 23.9 Å². The molecule has 1 amide bonds. The summed E-state index contributed by atoms with van der Waals surface area (Å²) in [5.41, 5.74) is 6.11. The van der Waals surface area contributed by atoms with Gasteiger partial charge in [0.05, 0.1) is 11.5 Å². The molecule has 0 saturated heterocycles. The number of rotatable bonds is 3. The van der Waals surface area contributed by atoms with E-state index in [1.807, 2.05) is 18.4 Å². The number of hydrogen-bond donors (Lipinski definition) is 2. The average Bonchev–Trinajstić information content (AvgIpc) is 2.31. The highest BCUT2D eigenvalue weighted by molar-refractivity contribution is 7.14. The zero-order valence-electron chi connectivity index (χ0n) is 6.26. The van der Waals surface area contributed by atoms with Crippen LogP contribution in [-0.4, -0.2) is 12.5 Å². The van der Waals surface area contributed by atoms with Crippen LogP contribution < -0.4 is 11.1 Å². The first-order chi connectivity index (χ1) is 5.20. The molecule has 0 unspecified atom stereocenters. The third-order valence-electron chi connectivity index (χ3n) is 1.29. The van der Waals surface area contributed by atoms with Gasteiger partial charge in [0.25, 0.3) is 0 Å². The minimum Gasteiger partial charge on any atom is -0.368 e. The van der Waals surface area contributed by atoms with E-state index in [1.54, 1.807) is 11.3 Å². The number of anilines is 1. The number of thiophene rings is 1. The molecule has 0 atom stereocenters. The van der Waals surface area contributed by atoms with Crippen LogP contribution in [0.25, 0.3) is 0 Å². The lowest BCUT2D eigenvalue weighted by Gasteiger charge is -2.00. The molecule has 0 aliphatic heterocycles. The molecule has 0 radical (unpaired) electrons. The van der Waals surface area contributed by atoms with Gasteiger partial charge in [0, 0.05) is 0 Å². The van der Waals surface area contributed by atoms with Crippen molar-refractivity contribution in [3.63, 3.8) is 0 Å². The van der Waals surface area contributed by atoms with Crippen LogP contribution in [0.1, 0.15) is 5.56 Å². The van der Waals surface area contributed by atoms with Gasteiger partial charge in [0.1, 0.15) is 0 Å². The molecule has 1 aromatic rings. The van der Waals surface area contributed by atoms with Crippen LogP contribution in [-0.2, 0) is 4.79 Å². The molecule has 4 heteroatoms. The topological polar surface area (TPSA) is 55.1 Å². The molecule has 0 spiro atoms. The van der Waals surface area contributed by atoms with Gasteiger partial charge >= 0.3 is 0 Å². The Balaban J connectivity index is 2.51. The van der Waals surface area contributed by atoms with E-state index >= 15 is 0 Å². The predicted molar refractivity (Wildman–Crippen MR) is 46.7 cm³/mol. The van der Waals surface area contributed by atoms with Crippen molar-refractivity contribution in [2.75, 3.05) is 11.9 Å². The second-order valence-corrected chi connectivity index (χ2v) is 3.17. The van der Waals surface area contributed by atoms with E-state index in [0.717, 1.165) is 10.6 Å². The van der Waals surface area contributed by atoms with E-state index < -0.39 is 0 Å². The Kier molecular flexibility index (Phi) is 2.48. The van der Waals surface area contributed by atoms with Crippen LogP contribution in [0.4, 0.5) is 5.00 Å². The number of carbonyl (C=O) groups excluding carboxylic acids is 1. The number of amides is 1. The fourth-order valence-electron chi connectivity index (χ4n) is 0.721. The zero-order chi connectivity index (χ0) is 8.27. The Morgan fingerprint density at radius 2 is 2.55 bits per heavy atom. The van der Waals surface area contributed by atoms with Gasteiger partial charge in [-0.25, -0.2) is 0 Å². The Hall–Kier alpha value is -1.03. The summed E-state index contributed by atoms with van der Waals surface area (Å²) in [6, 6.07) is 1.99. The molecule has 60 valence electrons. The molecule has 1 heterocycles. The highest BCUT2D eigenvalue weighted by Gasteiger charge is 1.98. The summed E-state index contributed by atoms with van der Waals surface area (Å²) in [5.74, 6) is -0.335. The maximum atomic E-state index is 10.4. The van der Waals surface area contributed by atoms with Gasteiger partial charge in [0.15, 0.2) is 0 Å². The largest absolute Gasteiger partial charge is 0.368 e. The molecule has 1 aromatic heterocycles. The number of nitrogens with two attached hydrogens (primary N) is 1. The SMILES string of the molecule is Cc1ccsc1NCC(N)=O. The molecule has 1 rings (SSSR count). The lowest BCUT2D eigenvalue weighted by Crippen LogP contribution is -2.21. The monoisotopic (exact) mass is 170 g/mol. The quantitative estimate of drug-likeness (QED) is 0.709. The first kappa shape index (κ1) is 8.07. The molecule has 0 bridgehead atoms. The summed E-state index contributed by atoms with van der Waals surface area (Å²) in [6.45, 7) is 2.20. The Bertz CT molecular complexity index is 257. The molecule has 3 N–H and O–H groups in total. The van der Waals surface area contributed by atoms with Crippen LogP contribution in [0.3, 0.4) is 0 Å². The Morgan fingerprint density at radius 1 is 1.82 bits per heavy atom. The van der Waals surface area contributed by atoms with Gasteiger partial charge in [-0.3, -0.25) is 4.79 Å². The van der Waals surface area contributed by atoms with Crippen molar-refractivity contribution in [2.45, 2.75) is 6.92 Å². The standard InChI is InChI=1S/C7H10N2OS/c1-5-2-3-11-7(5)9-4-6(8)10/h2-3,9H,4H2,1H3,(H2,8,10). The second-order valence-electron chi connectivity index (χ2n) is 2.25. The van der Waals surface area contributed by atoms with Crippen LogP contribution in [0.15, 0.2) is 11.4 Å². The summed E-state index contributed by atoms with van der Waals surface area (Å²) in [5, 5.41) is 5.92. The summed E-state index contributed by atoms with van der Waals surface area (Å²) in [6.07, 6.45) is 0. The van der Waals surface area contributed by atoms with E-state index in [-0.39, 0.29) is 12.5 Å². The van der Waals surface area contributed by atoms with Crippen molar-refractivity contribution < 1.29 is 4.79 Å². The normalized spacial score (nSPS) is 9.55. The molecule has 3 nitrogen and oxygen atoms in total. The highest BCUT2D eigenvalue weighted by Crippen LogP contribution is 2.20. The molecule has 0 aromatic carbocycles. The van der Waals surface area contributed by atoms with Crippen molar-refractivity contribution in [2.24, 2.45) is 5.73 Å². The minimum absolute atomic E-state index is 0.210. The molecular weight excluding hydrogens is 160 g/mol. The summed E-state index contributed by atoms with van der Waals surface area (Å²) < 4.78 is 0. The van der Waals surface area contributed by atoms with Crippen molar-refractivity contribution in [3.05, 3.63) is 17.0 Å². The van der Waals surface area contributed by atoms with Gasteiger partial charge in [-0.15, -0.1) is 11.3 Å². The third-order valence-corrected chi connectivity index (χ3v) is 2.26. The summed E-state index contributed by atoms with van der Waals surface area (Å²) >= 11 is 1.57. The predicted octanol–water partition coefficient (Wildman–Crippen LogP) is 0.954. The van der Waals surface area contributed by atoms with Crippen LogP contribution in [0, 0.1) is 6.92 Å². The summed E-state index contributed by atoms with van der Waals surface area (Å²) in [7, 11) is 0. The van der Waals surface area contributed by atoms with E-state index in [9.17, 15) is 4.79 Å². The number of aryl methyl sites for hydroxylation is 1. The lowest BCUT2D eigenvalue weighted by molar-refractivity contribution is -0.116. The smallest absolute Gasteiger partial charge is 0.236 e. The number of primary amides is 1. The van der Waals surface area contributed by atoms with Crippen molar-refractivity contribution in [1.29, 1.82) is 0 Å². The maximum absolute atomic E-state index is 10.4. The van der Waals surface area contributed by atoms with Crippen molar-refractivity contribution in [3.8, 4) is 0 Å². The Morgan fingerprint density at radius 3 is 3.00 bits per heavy atom. The van der Waals surface area contributed by atoms with Crippen LogP contribution >= 0.6 is 11.3 Å².